The number of fused-ring (bicyclic) bond motifs is 4. The lowest BCUT2D eigenvalue weighted by molar-refractivity contribution is -0.256. The lowest BCUT2D eigenvalue weighted by atomic mass is 9.88. The number of carboxylic acids is 2. The van der Waals surface area contributed by atoms with Gasteiger partial charge in [-0.2, -0.15) is 0 Å². The van der Waals surface area contributed by atoms with E-state index in [9.17, 15) is 29.4 Å². The second-order valence-electron chi connectivity index (χ2n) is 8.79. The summed E-state index contributed by atoms with van der Waals surface area (Å²) in [7, 11) is 0. The summed E-state index contributed by atoms with van der Waals surface area (Å²) in [6, 6.07) is 17.1. The van der Waals surface area contributed by atoms with Crippen molar-refractivity contribution in [3.8, 4) is 0 Å². The van der Waals surface area contributed by atoms with Gasteiger partial charge in [-0.05, 0) is 40.5 Å². The number of nitrogens with zero attached hydrogens (tertiary/aromatic N) is 2. The van der Waals surface area contributed by atoms with Crippen LogP contribution in [0, 0.1) is 0 Å². The predicted octanol–water partition coefficient (Wildman–Crippen LogP) is 1.38. The number of aromatic carboxylic acids is 2. The summed E-state index contributed by atoms with van der Waals surface area (Å²) >= 11 is 0. The monoisotopic (exact) mass is 479 g/mol. The summed E-state index contributed by atoms with van der Waals surface area (Å²) in [5, 5.41) is 23.3. The van der Waals surface area contributed by atoms with E-state index < -0.39 is 36.0 Å². The maximum absolute atomic E-state index is 13.7. The van der Waals surface area contributed by atoms with Crippen molar-refractivity contribution in [2.45, 2.75) is 18.5 Å². The standard InChI is InChI=1S/C27H19N3O6/c31-24-21-13-19-18-3-1-2-4-20(18)28-22(19)23(14-5-7-15(8-6-14)25(32)33)30(21)27(36)29(24)17-11-9-16(10-12-17)26(34)35/h1-12,21,23,28H,13H2,(H,32,33)(H,34,35)/p-2/t21-,23-/m0/s1. The van der Waals surface area contributed by atoms with E-state index in [4.69, 9.17) is 0 Å². The van der Waals surface area contributed by atoms with Crippen molar-refractivity contribution in [3.63, 3.8) is 0 Å². The molecule has 0 saturated carbocycles. The highest BCUT2D eigenvalue weighted by Gasteiger charge is 2.53. The number of benzene rings is 3. The van der Waals surface area contributed by atoms with Gasteiger partial charge >= 0.3 is 6.03 Å². The predicted molar refractivity (Wildman–Crippen MR) is 124 cm³/mol. The number of urea groups is 1. The van der Waals surface area contributed by atoms with Gasteiger partial charge in [0.1, 0.15) is 12.1 Å². The van der Waals surface area contributed by atoms with Crippen molar-refractivity contribution in [2.24, 2.45) is 0 Å². The number of carbonyl (C=O) groups is 4. The first-order valence-electron chi connectivity index (χ1n) is 11.2. The molecule has 36 heavy (non-hydrogen) atoms. The number of carbonyl (C=O) groups excluding carboxylic acids is 4. The lowest BCUT2D eigenvalue weighted by Gasteiger charge is -2.36. The Balaban J connectivity index is 1.49. The first-order chi connectivity index (χ1) is 17.3. The topological polar surface area (TPSA) is 137 Å². The number of hydrogen-bond acceptors (Lipinski definition) is 6. The van der Waals surface area contributed by atoms with Gasteiger partial charge in [-0.15, -0.1) is 0 Å². The number of nitrogens with one attached hydrogen (secondary N) is 1. The molecule has 1 aromatic heterocycles. The van der Waals surface area contributed by atoms with Crippen molar-refractivity contribution >= 4 is 40.5 Å². The van der Waals surface area contributed by atoms with Crippen LogP contribution in [-0.4, -0.2) is 39.8 Å². The molecule has 0 aliphatic carbocycles. The molecule has 0 unspecified atom stereocenters. The Bertz CT molecular complexity index is 1570. The van der Waals surface area contributed by atoms with Gasteiger partial charge in [-0.3, -0.25) is 9.69 Å². The Labute approximate surface area is 204 Å². The summed E-state index contributed by atoms with van der Waals surface area (Å²) in [5.41, 5.74) is 3.36. The van der Waals surface area contributed by atoms with E-state index in [1.165, 1.54) is 41.3 Å². The number of rotatable bonds is 4. The number of aromatic amines is 1. The molecule has 3 amide bonds. The molecule has 0 spiro atoms. The van der Waals surface area contributed by atoms with Gasteiger partial charge in [0.2, 0.25) is 0 Å². The summed E-state index contributed by atoms with van der Waals surface area (Å²) in [5.74, 6) is -3.09. The molecule has 2 aliphatic heterocycles. The van der Waals surface area contributed by atoms with E-state index in [0.717, 1.165) is 27.1 Å². The summed E-state index contributed by atoms with van der Waals surface area (Å²) in [6.45, 7) is 0. The molecule has 178 valence electrons. The Morgan fingerprint density at radius 1 is 0.833 bits per heavy atom. The van der Waals surface area contributed by atoms with Gasteiger partial charge in [0.15, 0.2) is 0 Å². The van der Waals surface area contributed by atoms with E-state index in [1.54, 1.807) is 12.1 Å². The van der Waals surface area contributed by atoms with Crippen molar-refractivity contribution in [3.05, 3.63) is 101 Å². The average molecular weight is 479 g/mol. The normalized spacial score (nSPS) is 18.9. The molecule has 3 heterocycles. The average Bonchev–Trinajstić information content (AvgIpc) is 3.37. The molecule has 2 atom stereocenters. The van der Waals surface area contributed by atoms with Crippen LogP contribution in [0.25, 0.3) is 10.9 Å². The molecule has 0 radical (unpaired) electrons. The summed E-state index contributed by atoms with van der Waals surface area (Å²) in [6.07, 6.45) is 0.297. The Kier molecular flexibility index (Phi) is 4.68. The summed E-state index contributed by atoms with van der Waals surface area (Å²) in [4.78, 5) is 55.7. The lowest BCUT2D eigenvalue weighted by Crippen LogP contribution is -2.44. The fourth-order valence-electron chi connectivity index (χ4n) is 5.21. The third-order valence-corrected chi connectivity index (χ3v) is 6.87. The fourth-order valence-corrected chi connectivity index (χ4v) is 5.21. The quantitative estimate of drug-likeness (QED) is 0.439. The van der Waals surface area contributed by atoms with Crippen LogP contribution in [0.2, 0.25) is 0 Å². The molecule has 4 aromatic rings. The van der Waals surface area contributed by atoms with E-state index in [1.807, 2.05) is 24.3 Å². The number of anilines is 1. The van der Waals surface area contributed by atoms with E-state index in [0.29, 0.717) is 12.0 Å². The van der Waals surface area contributed by atoms with Gasteiger partial charge in [-0.1, -0.05) is 54.6 Å². The van der Waals surface area contributed by atoms with Crippen LogP contribution in [0.15, 0.2) is 72.8 Å². The van der Waals surface area contributed by atoms with Gasteiger partial charge in [0.05, 0.1) is 17.6 Å². The van der Waals surface area contributed by atoms with Crippen LogP contribution in [0.3, 0.4) is 0 Å². The highest BCUT2D eigenvalue weighted by atomic mass is 16.4. The minimum atomic E-state index is -1.36. The SMILES string of the molecule is O=C([O-])c1ccc([C@H]2c3[nH]c4ccccc4c3C[C@H]3C(=O)N(c4ccc(C(=O)[O-])cc4)C(=O)N23)cc1. The van der Waals surface area contributed by atoms with Crippen LogP contribution >= 0.6 is 0 Å². The van der Waals surface area contributed by atoms with Gasteiger partial charge in [-0.25, -0.2) is 9.69 Å². The van der Waals surface area contributed by atoms with Gasteiger partial charge in [0.25, 0.3) is 5.91 Å². The Morgan fingerprint density at radius 2 is 1.44 bits per heavy atom. The second-order valence-corrected chi connectivity index (χ2v) is 8.79. The molecule has 1 fully saturated rings. The van der Waals surface area contributed by atoms with E-state index in [-0.39, 0.29) is 16.8 Å². The molecule has 9 nitrogen and oxygen atoms in total. The number of amides is 3. The molecule has 2 aliphatic rings. The molecular formula is C27H17N3O6-2. The molecule has 9 heteroatoms. The van der Waals surface area contributed by atoms with Crippen molar-refractivity contribution in [1.82, 2.24) is 9.88 Å². The first kappa shape index (κ1) is 21.6. The summed E-state index contributed by atoms with van der Waals surface area (Å²) < 4.78 is 0. The Hall–Kier alpha value is -4.92. The zero-order chi connectivity index (χ0) is 25.1. The number of carboxylic acid groups (broad SMARTS) is 2. The second kappa shape index (κ2) is 7.81. The van der Waals surface area contributed by atoms with Crippen molar-refractivity contribution in [2.75, 3.05) is 4.90 Å². The van der Waals surface area contributed by atoms with E-state index >= 15 is 0 Å². The van der Waals surface area contributed by atoms with Gasteiger partial charge in [0, 0.05) is 23.0 Å². The number of para-hydroxylation sites is 1. The molecule has 1 N–H and O–H groups in total. The van der Waals surface area contributed by atoms with Crippen LogP contribution in [-0.2, 0) is 11.2 Å². The number of H-pyrrole nitrogens is 1. The van der Waals surface area contributed by atoms with Crippen LogP contribution in [0.5, 0.6) is 0 Å². The number of aromatic nitrogens is 1. The maximum Gasteiger partial charge on any atom is 0.332 e. The fraction of sp³-hybridized carbons (Fsp3) is 0.111. The van der Waals surface area contributed by atoms with Crippen LogP contribution < -0.4 is 15.1 Å². The van der Waals surface area contributed by atoms with Crippen LogP contribution in [0.4, 0.5) is 10.5 Å². The van der Waals surface area contributed by atoms with E-state index in [2.05, 4.69) is 4.98 Å². The minimum Gasteiger partial charge on any atom is -0.545 e. The third kappa shape index (κ3) is 3.09. The highest BCUT2D eigenvalue weighted by Crippen LogP contribution is 2.44. The number of imide groups is 1. The number of hydrogen-bond donors (Lipinski definition) is 1. The highest BCUT2D eigenvalue weighted by molar-refractivity contribution is 6.22. The molecule has 3 aromatic carbocycles. The molecule has 1 saturated heterocycles. The van der Waals surface area contributed by atoms with Crippen molar-refractivity contribution < 1.29 is 29.4 Å². The van der Waals surface area contributed by atoms with Crippen molar-refractivity contribution in [1.29, 1.82) is 0 Å². The zero-order valence-electron chi connectivity index (χ0n) is 18.6. The van der Waals surface area contributed by atoms with Gasteiger partial charge < -0.3 is 24.8 Å². The molecular weight excluding hydrogens is 462 g/mol. The van der Waals surface area contributed by atoms with Crippen LogP contribution in [0.1, 0.15) is 43.6 Å². The third-order valence-electron chi connectivity index (χ3n) is 6.87. The maximum atomic E-state index is 13.7. The minimum absolute atomic E-state index is 0.00133. The molecule has 6 rings (SSSR count). The zero-order valence-corrected chi connectivity index (χ0v) is 18.6. The smallest absolute Gasteiger partial charge is 0.332 e. The molecule has 0 bridgehead atoms. The largest absolute Gasteiger partial charge is 0.545 e. The Morgan fingerprint density at radius 3 is 2.08 bits per heavy atom. The first-order valence-corrected chi connectivity index (χ1v) is 11.2.